The van der Waals surface area contributed by atoms with E-state index in [0.717, 1.165) is 15.9 Å². The maximum atomic E-state index is 12.4. The number of esters is 1. The van der Waals surface area contributed by atoms with E-state index < -0.39 is 5.97 Å². The Morgan fingerprint density at radius 3 is 2.81 bits per heavy atom. The molecule has 0 saturated carbocycles. The highest BCUT2D eigenvalue weighted by atomic mass is 32.2. The van der Waals surface area contributed by atoms with Crippen molar-refractivity contribution in [2.45, 2.75) is 31.3 Å². The lowest BCUT2D eigenvalue weighted by molar-refractivity contribution is -0.139. The van der Waals surface area contributed by atoms with E-state index >= 15 is 0 Å². The van der Waals surface area contributed by atoms with Gasteiger partial charge in [-0.3, -0.25) is 0 Å². The van der Waals surface area contributed by atoms with Gasteiger partial charge in [0.1, 0.15) is 0 Å². The lowest BCUT2D eigenvalue weighted by Crippen LogP contribution is -2.50. The summed E-state index contributed by atoms with van der Waals surface area (Å²) in [6.07, 6.45) is 0.615. The Kier molecular flexibility index (Phi) is 5.78. The molecule has 1 atom stereocenters. The van der Waals surface area contributed by atoms with Crippen molar-refractivity contribution in [3.63, 3.8) is 0 Å². The number of hydrogen-bond donors (Lipinski definition) is 2. The molecule has 1 aliphatic heterocycles. The Labute approximate surface area is 156 Å². The van der Waals surface area contributed by atoms with Crippen molar-refractivity contribution in [3.05, 3.63) is 47.7 Å². The van der Waals surface area contributed by atoms with Crippen LogP contribution in [0.25, 0.3) is 10.9 Å². The summed E-state index contributed by atoms with van der Waals surface area (Å²) >= 11 is 1.48. The fourth-order valence-corrected chi connectivity index (χ4v) is 3.70. The average Bonchev–Trinajstić information content (AvgIpc) is 2.65. The minimum atomic E-state index is -0.395. The van der Waals surface area contributed by atoms with Crippen LogP contribution in [0.15, 0.2) is 52.7 Å². The molecule has 26 heavy (non-hydrogen) atoms. The van der Waals surface area contributed by atoms with E-state index in [-0.39, 0.29) is 12.1 Å². The highest BCUT2D eigenvalue weighted by Gasteiger charge is 2.31. The van der Waals surface area contributed by atoms with E-state index in [2.05, 4.69) is 15.6 Å². The third-order valence-electron chi connectivity index (χ3n) is 4.08. The molecule has 2 N–H and O–H groups in total. The van der Waals surface area contributed by atoms with Crippen molar-refractivity contribution >= 4 is 34.7 Å². The number of amides is 2. The van der Waals surface area contributed by atoms with E-state index in [0.29, 0.717) is 30.1 Å². The van der Waals surface area contributed by atoms with Gasteiger partial charge in [0, 0.05) is 16.8 Å². The first kappa shape index (κ1) is 18.3. The molecule has 2 heterocycles. The van der Waals surface area contributed by atoms with Gasteiger partial charge in [0.15, 0.2) is 0 Å². The quantitative estimate of drug-likeness (QED) is 0.602. The summed E-state index contributed by atoms with van der Waals surface area (Å²) in [6, 6.07) is 11.2. The Hall–Kier alpha value is -2.54. The molecule has 1 unspecified atom stereocenters. The summed E-state index contributed by atoms with van der Waals surface area (Å²) in [5.41, 5.74) is 1.99. The second-order valence-electron chi connectivity index (χ2n) is 5.80. The number of pyridine rings is 1. The Balaban J connectivity index is 1.85. The van der Waals surface area contributed by atoms with Gasteiger partial charge in [-0.1, -0.05) is 31.2 Å². The number of urea groups is 1. The molecule has 7 heteroatoms. The van der Waals surface area contributed by atoms with Crippen LogP contribution in [0.4, 0.5) is 4.79 Å². The molecular formula is C19H21N3O3S. The first-order chi connectivity index (χ1) is 12.6. The van der Waals surface area contributed by atoms with Crippen molar-refractivity contribution in [2.24, 2.45) is 0 Å². The molecule has 0 fully saturated rings. The molecule has 0 saturated heterocycles. The number of nitrogens with zero attached hydrogens (tertiary/aromatic N) is 1. The summed E-state index contributed by atoms with van der Waals surface area (Å²) in [6.45, 7) is 3.98. The van der Waals surface area contributed by atoms with Crippen LogP contribution in [0.5, 0.6) is 0 Å². The van der Waals surface area contributed by atoms with Gasteiger partial charge in [-0.25, -0.2) is 14.6 Å². The van der Waals surface area contributed by atoms with Crippen molar-refractivity contribution in [1.82, 2.24) is 15.6 Å². The molecule has 0 bridgehead atoms. The van der Waals surface area contributed by atoms with Crippen LogP contribution in [0.1, 0.15) is 20.3 Å². The predicted molar refractivity (Wildman–Crippen MR) is 102 cm³/mol. The van der Waals surface area contributed by atoms with Gasteiger partial charge in [-0.15, -0.1) is 11.8 Å². The van der Waals surface area contributed by atoms with Crippen LogP contribution in [0.2, 0.25) is 0 Å². The SMILES string of the molecule is CCOC(=O)C1=C(CSc2ccc3ccccc3n2)NC(=O)NC1CC. The molecule has 0 spiro atoms. The Morgan fingerprint density at radius 1 is 1.23 bits per heavy atom. The smallest absolute Gasteiger partial charge is 0.337 e. The molecule has 2 aromatic rings. The molecule has 6 nitrogen and oxygen atoms in total. The van der Waals surface area contributed by atoms with Crippen LogP contribution in [-0.4, -0.2) is 35.4 Å². The summed E-state index contributed by atoms with van der Waals surface area (Å²) in [5, 5.41) is 7.44. The zero-order valence-electron chi connectivity index (χ0n) is 14.7. The van der Waals surface area contributed by atoms with Crippen molar-refractivity contribution in [2.75, 3.05) is 12.4 Å². The van der Waals surface area contributed by atoms with Gasteiger partial charge in [-0.05, 0) is 25.5 Å². The van der Waals surface area contributed by atoms with Crippen LogP contribution >= 0.6 is 11.8 Å². The van der Waals surface area contributed by atoms with Gasteiger partial charge in [0.05, 0.1) is 28.8 Å². The molecule has 3 rings (SSSR count). The number of para-hydroxylation sites is 1. The Bertz CT molecular complexity index is 866. The summed E-state index contributed by atoms with van der Waals surface area (Å²) in [7, 11) is 0. The molecule has 2 amide bonds. The summed E-state index contributed by atoms with van der Waals surface area (Å²) < 4.78 is 5.18. The highest BCUT2D eigenvalue weighted by Crippen LogP contribution is 2.25. The number of carbonyl (C=O) groups is 2. The van der Waals surface area contributed by atoms with Crippen LogP contribution in [-0.2, 0) is 9.53 Å². The third-order valence-corrected chi connectivity index (χ3v) is 5.04. The van der Waals surface area contributed by atoms with Gasteiger partial charge in [-0.2, -0.15) is 0 Å². The number of fused-ring (bicyclic) bond motifs is 1. The van der Waals surface area contributed by atoms with Crippen molar-refractivity contribution in [1.29, 1.82) is 0 Å². The predicted octanol–water partition coefficient (Wildman–Crippen LogP) is 3.24. The normalized spacial score (nSPS) is 17.0. The number of aromatic nitrogens is 1. The van der Waals surface area contributed by atoms with Gasteiger partial charge < -0.3 is 15.4 Å². The standard InChI is InChI=1S/C19H21N3O3S/c1-3-13-17(18(23)25-4-2)15(22-19(24)21-13)11-26-16-10-9-12-7-5-6-8-14(12)20-16/h5-10,13H,3-4,11H2,1-2H3,(H2,21,22,24). The van der Waals surface area contributed by atoms with Gasteiger partial charge in [0.25, 0.3) is 0 Å². The molecular weight excluding hydrogens is 350 g/mol. The lowest BCUT2D eigenvalue weighted by atomic mass is 10.0. The number of nitrogens with one attached hydrogen (secondary N) is 2. The average molecular weight is 371 g/mol. The van der Waals surface area contributed by atoms with E-state index in [1.54, 1.807) is 6.92 Å². The fraction of sp³-hybridized carbons (Fsp3) is 0.316. The Morgan fingerprint density at radius 2 is 2.04 bits per heavy atom. The van der Waals surface area contributed by atoms with E-state index in [1.807, 2.05) is 43.3 Å². The number of carbonyl (C=O) groups excluding carboxylic acids is 2. The number of thioether (sulfide) groups is 1. The van der Waals surface area contributed by atoms with Gasteiger partial charge in [0.2, 0.25) is 0 Å². The van der Waals surface area contributed by atoms with Crippen LogP contribution in [0.3, 0.4) is 0 Å². The fourth-order valence-electron chi connectivity index (χ4n) is 2.85. The molecule has 1 aromatic carbocycles. The first-order valence-corrected chi connectivity index (χ1v) is 9.57. The van der Waals surface area contributed by atoms with E-state index in [4.69, 9.17) is 4.74 Å². The zero-order chi connectivity index (χ0) is 18.5. The summed E-state index contributed by atoms with van der Waals surface area (Å²) in [4.78, 5) is 28.9. The minimum Gasteiger partial charge on any atom is -0.463 e. The second-order valence-corrected chi connectivity index (χ2v) is 6.80. The second kappa shape index (κ2) is 8.23. The molecule has 1 aliphatic rings. The first-order valence-electron chi connectivity index (χ1n) is 8.58. The van der Waals surface area contributed by atoms with Gasteiger partial charge >= 0.3 is 12.0 Å². The number of benzene rings is 1. The van der Waals surface area contributed by atoms with E-state index in [1.165, 1.54) is 11.8 Å². The number of rotatable bonds is 6. The van der Waals surface area contributed by atoms with Crippen molar-refractivity contribution in [3.8, 4) is 0 Å². The third kappa shape index (κ3) is 3.99. The lowest BCUT2D eigenvalue weighted by Gasteiger charge is -2.28. The topological polar surface area (TPSA) is 80.3 Å². The van der Waals surface area contributed by atoms with Crippen LogP contribution < -0.4 is 10.6 Å². The number of hydrogen-bond acceptors (Lipinski definition) is 5. The van der Waals surface area contributed by atoms with Crippen LogP contribution in [0, 0.1) is 0 Å². The maximum absolute atomic E-state index is 12.4. The maximum Gasteiger partial charge on any atom is 0.337 e. The largest absolute Gasteiger partial charge is 0.463 e. The number of ether oxygens (including phenoxy) is 1. The summed E-state index contributed by atoms with van der Waals surface area (Å²) in [5.74, 6) is 0.0394. The molecule has 0 radical (unpaired) electrons. The van der Waals surface area contributed by atoms with E-state index in [9.17, 15) is 9.59 Å². The monoisotopic (exact) mass is 371 g/mol. The molecule has 1 aromatic heterocycles. The van der Waals surface area contributed by atoms with Crippen molar-refractivity contribution < 1.29 is 14.3 Å². The highest BCUT2D eigenvalue weighted by molar-refractivity contribution is 7.99. The molecule has 0 aliphatic carbocycles. The minimum absolute atomic E-state index is 0.291. The zero-order valence-corrected chi connectivity index (χ0v) is 15.6. The molecule has 136 valence electrons.